The average molecular weight is 457 g/mol. The van der Waals surface area contributed by atoms with E-state index in [9.17, 15) is 18.3 Å². The van der Waals surface area contributed by atoms with Gasteiger partial charge in [-0.15, -0.1) is 6.58 Å². The number of aryl methyl sites for hydroxylation is 1. The molecule has 170 valence electrons. The van der Waals surface area contributed by atoms with Gasteiger partial charge in [0.25, 0.3) is 0 Å². The molecule has 9 heteroatoms. The molecule has 0 saturated carbocycles. The molecule has 0 unspecified atom stereocenters. The number of benzene rings is 1. The van der Waals surface area contributed by atoms with E-state index in [-0.39, 0.29) is 23.8 Å². The number of imidazole rings is 1. The Balaban J connectivity index is 1.90. The largest absolute Gasteiger partial charge is 0.480 e. The molecule has 1 atom stereocenters. The van der Waals surface area contributed by atoms with E-state index in [1.807, 2.05) is 31.4 Å². The van der Waals surface area contributed by atoms with Crippen LogP contribution in [0.3, 0.4) is 0 Å². The molecule has 0 saturated heterocycles. The van der Waals surface area contributed by atoms with Gasteiger partial charge in [0.2, 0.25) is 10.0 Å². The van der Waals surface area contributed by atoms with E-state index in [1.54, 1.807) is 24.5 Å². The van der Waals surface area contributed by atoms with Crippen molar-refractivity contribution in [3.05, 3.63) is 66.8 Å². The highest BCUT2D eigenvalue weighted by Crippen LogP contribution is 2.24. The summed E-state index contributed by atoms with van der Waals surface area (Å²) in [6.07, 6.45) is 5.03. The van der Waals surface area contributed by atoms with Crippen LogP contribution in [0.4, 0.5) is 0 Å². The lowest BCUT2D eigenvalue weighted by Crippen LogP contribution is -2.45. The van der Waals surface area contributed by atoms with Gasteiger partial charge in [-0.1, -0.05) is 32.1 Å². The summed E-state index contributed by atoms with van der Waals surface area (Å²) >= 11 is 0. The standard InChI is InChI=1S/C23H28N4O4S/c1-5-12-27(22(23(28)29)13-16(2)3)32(30,31)19-8-6-18(7-9-19)15-26-17(4)25-20-14-24-11-10-21(20)26/h5-11,14,16,22H,1,12-13,15H2,2-4H3,(H,28,29)/t22-/m0/s1. The second-order valence-corrected chi connectivity index (χ2v) is 9.99. The van der Waals surface area contributed by atoms with Crippen LogP contribution in [0.25, 0.3) is 11.0 Å². The van der Waals surface area contributed by atoms with E-state index in [0.717, 1.165) is 26.7 Å². The van der Waals surface area contributed by atoms with E-state index in [2.05, 4.69) is 16.5 Å². The Kier molecular flexibility index (Phi) is 7.10. The zero-order valence-corrected chi connectivity index (χ0v) is 19.3. The molecule has 1 aromatic carbocycles. The van der Waals surface area contributed by atoms with E-state index in [1.165, 1.54) is 18.2 Å². The summed E-state index contributed by atoms with van der Waals surface area (Å²) in [5, 5.41) is 9.68. The van der Waals surface area contributed by atoms with E-state index in [4.69, 9.17) is 0 Å². The lowest BCUT2D eigenvalue weighted by Gasteiger charge is -2.28. The van der Waals surface area contributed by atoms with Crippen LogP contribution in [0.1, 0.15) is 31.7 Å². The molecule has 0 aliphatic carbocycles. The Bertz CT molecular complexity index is 1220. The van der Waals surface area contributed by atoms with E-state index >= 15 is 0 Å². The van der Waals surface area contributed by atoms with Crippen molar-refractivity contribution in [2.45, 2.75) is 44.7 Å². The van der Waals surface area contributed by atoms with Crippen LogP contribution in [0, 0.1) is 12.8 Å². The monoisotopic (exact) mass is 456 g/mol. The van der Waals surface area contributed by atoms with Gasteiger partial charge in [-0.05, 0) is 43.0 Å². The first-order chi connectivity index (χ1) is 15.1. The molecule has 0 aliphatic heterocycles. The maximum atomic E-state index is 13.3. The van der Waals surface area contributed by atoms with Crippen LogP contribution in [-0.4, -0.2) is 50.9 Å². The summed E-state index contributed by atoms with van der Waals surface area (Å²) in [6.45, 7) is 9.68. The molecule has 8 nitrogen and oxygen atoms in total. The van der Waals surface area contributed by atoms with Crippen molar-refractivity contribution < 1.29 is 18.3 Å². The normalized spacial score (nSPS) is 13.0. The predicted molar refractivity (Wildman–Crippen MR) is 123 cm³/mol. The zero-order valence-electron chi connectivity index (χ0n) is 18.5. The van der Waals surface area contributed by atoms with Gasteiger partial charge in [0.15, 0.2) is 0 Å². The van der Waals surface area contributed by atoms with Crippen LogP contribution in [0.5, 0.6) is 0 Å². The van der Waals surface area contributed by atoms with Gasteiger partial charge >= 0.3 is 5.97 Å². The number of hydrogen-bond donors (Lipinski definition) is 1. The first-order valence-electron chi connectivity index (χ1n) is 10.4. The SMILES string of the molecule is C=CCN([C@@H](CC(C)C)C(=O)O)S(=O)(=O)c1ccc(Cn2c(C)nc3cnccc32)cc1. The highest BCUT2D eigenvalue weighted by molar-refractivity contribution is 7.89. The molecule has 1 N–H and O–H groups in total. The first-order valence-corrected chi connectivity index (χ1v) is 11.8. The molecule has 0 radical (unpaired) electrons. The Morgan fingerprint density at radius 3 is 2.53 bits per heavy atom. The number of aliphatic carboxylic acids is 1. The van der Waals surface area contributed by atoms with Crippen molar-refractivity contribution in [3.8, 4) is 0 Å². The molecule has 3 aromatic rings. The third kappa shape index (κ3) is 4.89. The number of aromatic nitrogens is 3. The van der Waals surface area contributed by atoms with Gasteiger partial charge < -0.3 is 9.67 Å². The number of hydrogen-bond acceptors (Lipinski definition) is 5. The average Bonchev–Trinajstić information content (AvgIpc) is 3.05. The quantitative estimate of drug-likeness (QED) is 0.469. The molecule has 2 aromatic heterocycles. The summed E-state index contributed by atoms with van der Waals surface area (Å²) < 4.78 is 29.6. The minimum Gasteiger partial charge on any atom is -0.480 e. The third-order valence-electron chi connectivity index (χ3n) is 5.25. The van der Waals surface area contributed by atoms with Gasteiger partial charge in [0.05, 0.1) is 16.6 Å². The Morgan fingerprint density at radius 2 is 1.94 bits per heavy atom. The lowest BCUT2D eigenvalue weighted by molar-refractivity contribution is -0.141. The fraction of sp³-hybridized carbons (Fsp3) is 0.348. The maximum absolute atomic E-state index is 13.3. The molecule has 0 aliphatic rings. The summed E-state index contributed by atoms with van der Waals surface area (Å²) in [5.41, 5.74) is 2.65. The number of carboxylic acid groups (broad SMARTS) is 1. The molecular weight excluding hydrogens is 428 g/mol. The van der Waals surface area contributed by atoms with Crippen molar-refractivity contribution in [1.82, 2.24) is 18.8 Å². The molecular formula is C23H28N4O4S. The highest BCUT2D eigenvalue weighted by atomic mass is 32.2. The number of fused-ring (bicyclic) bond motifs is 1. The molecule has 0 fully saturated rings. The van der Waals surface area contributed by atoms with Crippen molar-refractivity contribution in [2.24, 2.45) is 5.92 Å². The second kappa shape index (κ2) is 9.62. The van der Waals surface area contributed by atoms with E-state index in [0.29, 0.717) is 6.54 Å². The minimum atomic E-state index is -4.02. The van der Waals surface area contributed by atoms with Gasteiger partial charge in [-0.2, -0.15) is 4.31 Å². The Morgan fingerprint density at radius 1 is 1.25 bits per heavy atom. The van der Waals surface area contributed by atoms with Crippen LogP contribution in [0.15, 0.2) is 60.3 Å². The Labute approximate surface area is 188 Å². The lowest BCUT2D eigenvalue weighted by atomic mass is 10.0. The van der Waals surface area contributed by atoms with Crippen molar-refractivity contribution in [3.63, 3.8) is 0 Å². The summed E-state index contributed by atoms with van der Waals surface area (Å²) in [6, 6.07) is 7.25. The molecule has 3 rings (SSSR count). The molecule has 32 heavy (non-hydrogen) atoms. The summed E-state index contributed by atoms with van der Waals surface area (Å²) in [7, 11) is -4.02. The third-order valence-corrected chi connectivity index (χ3v) is 7.14. The maximum Gasteiger partial charge on any atom is 0.322 e. The van der Waals surface area contributed by atoms with Crippen LogP contribution in [0.2, 0.25) is 0 Å². The van der Waals surface area contributed by atoms with Gasteiger partial charge in [-0.3, -0.25) is 9.78 Å². The number of pyridine rings is 1. The topological polar surface area (TPSA) is 105 Å². The fourth-order valence-electron chi connectivity index (χ4n) is 3.69. The van der Waals surface area contributed by atoms with Crippen LogP contribution >= 0.6 is 0 Å². The van der Waals surface area contributed by atoms with Gasteiger partial charge in [-0.25, -0.2) is 13.4 Å². The van der Waals surface area contributed by atoms with Crippen molar-refractivity contribution in [2.75, 3.05) is 6.54 Å². The Hall–Kier alpha value is -3.04. The van der Waals surface area contributed by atoms with E-state index < -0.39 is 22.0 Å². The second-order valence-electron chi connectivity index (χ2n) is 8.10. The van der Waals surface area contributed by atoms with Gasteiger partial charge in [0, 0.05) is 19.3 Å². The molecule has 0 amide bonds. The fourth-order valence-corrected chi connectivity index (χ4v) is 5.26. The minimum absolute atomic E-state index is 0.0180. The van der Waals surface area contributed by atoms with Gasteiger partial charge in [0.1, 0.15) is 17.4 Å². The summed E-state index contributed by atoms with van der Waals surface area (Å²) in [5.74, 6) is -0.318. The highest BCUT2D eigenvalue weighted by Gasteiger charge is 2.35. The zero-order chi connectivity index (χ0) is 23.5. The first kappa shape index (κ1) is 23.6. The number of rotatable bonds is 10. The summed E-state index contributed by atoms with van der Waals surface area (Å²) in [4.78, 5) is 20.5. The number of carboxylic acids is 1. The predicted octanol–water partition coefficient (Wildman–Crippen LogP) is 3.46. The molecule has 2 heterocycles. The van der Waals surface area contributed by atoms with Crippen LogP contribution in [-0.2, 0) is 21.4 Å². The molecule has 0 bridgehead atoms. The van der Waals surface area contributed by atoms with Crippen molar-refractivity contribution >= 4 is 27.0 Å². The smallest absolute Gasteiger partial charge is 0.322 e. The van der Waals surface area contributed by atoms with Crippen molar-refractivity contribution in [1.29, 1.82) is 0 Å². The number of carbonyl (C=O) groups is 1. The van der Waals surface area contributed by atoms with Crippen LogP contribution < -0.4 is 0 Å². The molecule has 0 spiro atoms. The number of sulfonamides is 1. The number of nitrogens with zero attached hydrogens (tertiary/aromatic N) is 4.